The summed E-state index contributed by atoms with van der Waals surface area (Å²) in [5, 5.41) is 3.08. The molecule has 0 aliphatic carbocycles. The lowest BCUT2D eigenvalue weighted by Crippen LogP contribution is -2.37. The predicted octanol–water partition coefficient (Wildman–Crippen LogP) is 1.67. The van der Waals surface area contributed by atoms with Gasteiger partial charge in [0.2, 0.25) is 10.0 Å². The second-order valence-corrected chi connectivity index (χ2v) is 8.32. The third-order valence-electron chi connectivity index (χ3n) is 3.58. The van der Waals surface area contributed by atoms with Gasteiger partial charge in [-0.2, -0.15) is 11.8 Å². The summed E-state index contributed by atoms with van der Waals surface area (Å²) in [6.07, 6.45) is 0.959. The molecule has 0 amide bonds. The van der Waals surface area contributed by atoms with Crippen LogP contribution in [0.2, 0.25) is 0 Å². The van der Waals surface area contributed by atoms with Crippen LogP contribution in [0.3, 0.4) is 0 Å². The molecule has 2 rings (SSSR count). The number of sulfonamides is 1. The van der Waals surface area contributed by atoms with Gasteiger partial charge in [0.15, 0.2) is 0 Å². The standard InChI is InChI=1S/C14H22N2O2S2/c1-15-9-12-4-3-5-13(8-12)11-20(17,18)16(2)14-6-7-19-10-14/h3-5,8,14-15H,6-7,9-11H2,1-2H3. The molecule has 0 bridgehead atoms. The highest BCUT2D eigenvalue weighted by atomic mass is 32.2. The Balaban J connectivity index is 2.09. The SMILES string of the molecule is CNCc1cccc(CS(=O)(=O)N(C)C2CCSC2)c1. The molecule has 0 aromatic heterocycles. The van der Waals surface area contributed by atoms with Crippen LogP contribution in [0.25, 0.3) is 0 Å². The minimum absolute atomic E-state index is 0.0855. The van der Waals surface area contributed by atoms with Gasteiger partial charge in [-0.15, -0.1) is 0 Å². The highest BCUT2D eigenvalue weighted by Gasteiger charge is 2.29. The molecule has 1 aromatic rings. The van der Waals surface area contributed by atoms with E-state index in [0.717, 1.165) is 35.6 Å². The van der Waals surface area contributed by atoms with Gasteiger partial charge in [-0.3, -0.25) is 0 Å². The number of nitrogens with one attached hydrogen (secondary N) is 1. The zero-order valence-electron chi connectivity index (χ0n) is 12.0. The summed E-state index contributed by atoms with van der Waals surface area (Å²) < 4.78 is 26.5. The Kier molecular flexibility index (Phi) is 5.49. The van der Waals surface area contributed by atoms with Gasteiger partial charge in [-0.1, -0.05) is 24.3 Å². The number of benzene rings is 1. The first-order valence-corrected chi connectivity index (χ1v) is 9.55. The Morgan fingerprint density at radius 1 is 1.40 bits per heavy atom. The van der Waals surface area contributed by atoms with Crippen molar-refractivity contribution in [1.29, 1.82) is 0 Å². The van der Waals surface area contributed by atoms with Gasteiger partial charge in [0.05, 0.1) is 5.75 Å². The highest BCUT2D eigenvalue weighted by Crippen LogP contribution is 2.24. The van der Waals surface area contributed by atoms with Crippen LogP contribution in [0.5, 0.6) is 0 Å². The molecule has 1 fully saturated rings. The van der Waals surface area contributed by atoms with Crippen molar-refractivity contribution >= 4 is 21.8 Å². The molecular formula is C14H22N2O2S2. The Hall–Kier alpha value is -0.560. The first kappa shape index (κ1) is 15.8. The third kappa shape index (κ3) is 3.97. The fourth-order valence-electron chi connectivity index (χ4n) is 2.38. The quantitative estimate of drug-likeness (QED) is 0.868. The van der Waals surface area contributed by atoms with Crippen LogP contribution >= 0.6 is 11.8 Å². The Bertz CT molecular complexity index is 540. The Morgan fingerprint density at radius 3 is 2.80 bits per heavy atom. The van der Waals surface area contributed by atoms with Crippen LogP contribution in [0.15, 0.2) is 24.3 Å². The summed E-state index contributed by atoms with van der Waals surface area (Å²) in [5.74, 6) is 2.06. The molecule has 6 heteroatoms. The van der Waals surface area contributed by atoms with Crippen molar-refractivity contribution in [2.24, 2.45) is 0 Å². The number of nitrogens with zero attached hydrogens (tertiary/aromatic N) is 1. The maximum Gasteiger partial charge on any atom is 0.218 e. The lowest BCUT2D eigenvalue weighted by Gasteiger charge is -2.23. The third-order valence-corrected chi connectivity index (χ3v) is 6.60. The minimum Gasteiger partial charge on any atom is -0.316 e. The first-order chi connectivity index (χ1) is 9.53. The van der Waals surface area contributed by atoms with Crippen LogP contribution < -0.4 is 5.32 Å². The molecular weight excluding hydrogens is 292 g/mol. The molecule has 1 aromatic carbocycles. The minimum atomic E-state index is -3.23. The van der Waals surface area contributed by atoms with Crippen molar-refractivity contribution in [1.82, 2.24) is 9.62 Å². The van der Waals surface area contributed by atoms with Gasteiger partial charge in [0, 0.05) is 25.4 Å². The normalized spacial score (nSPS) is 19.6. The molecule has 1 aliphatic heterocycles. The molecule has 1 saturated heterocycles. The van der Waals surface area contributed by atoms with Crippen LogP contribution in [-0.2, 0) is 22.3 Å². The summed E-state index contributed by atoms with van der Waals surface area (Å²) in [4.78, 5) is 0. The molecule has 0 spiro atoms. The first-order valence-electron chi connectivity index (χ1n) is 6.79. The fourth-order valence-corrected chi connectivity index (χ4v) is 5.18. The van der Waals surface area contributed by atoms with Gasteiger partial charge >= 0.3 is 0 Å². The van der Waals surface area contributed by atoms with E-state index in [1.165, 1.54) is 0 Å². The average molecular weight is 314 g/mol. The van der Waals surface area contributed by atoms with Gasteiger partial charge in [-0.25, -0.2) is 12.7 Å². The predicted molar refractivity (Wildman–Crippen MR) is 85.3 cm³/mol. The van der Waals surface area contributed by atoms with E-state index in [2.05, 4.69) is 5.32 Å². The molecule has 4 nitrogen and oxygen atoms in total. The number of hydrogen-bond donors (Lipinski definition) is 1. The zero-order valence-corrected chi connectivity index (χ0v) is 13.6. The van der Waals surface area contributed by atoms with Crippen molar-refractivity contribution < 1.29 is 8.42 Å². The molecule has 1 unspecified atom stereocenters. The van der Waals surface area contributed by atoms with E-state index < -0.39 is 10.0 Å². The van der Waals surface area contributed by atoms with E-state index in [1.54, 1.807) is 11.4 Å². The summed E-state index contributed by atoms with van der Waals surface area (Å²) in [5.41, 5.74) is 1.97. The Morgan fingerprint density at radius 2 is 2.15 bits per heavy atom. The summed E-state index contributed by atoms with van der Waals surface area (Å²) in [6.45, 7) is 0.753. The van der Waals surface area contributed by atoms with Crippen LogP contribution in [0.1, 0.15) is 17.5 Å². The number of hydrogen-bond acceptors (Lipinski definition) is 4. The average Bonchev–Trinajstić information content (AvgIpc) is 2.92. The van der Waals surface area contributed by atoms with Crippen molar-refractivity contribution in [2.45, 2.75) is 24.8 Å². The highest BCUT2D eigenvalue weighted by molar-refractivity contribution is 7.99. The van der Waals surface area contributed by atoms with Crippen molar-refractivity contribution in [3.05, 3.63) is 35.4 Å². The van der Waals surface area contributed by atoms with E-state index >= 15 is 0 Å². The van der Waals surface area contributed by atoms with Crippen molar-refractivity contribution in [3.8, 4) is 0 Å². The van der Waals surface area contributed by atoms with E-state index in [1.807, 2.05) is 43.1 Å². The van der Waals surface area contributed by atoms with Crippen LogP contribution in [0.4, 0.5) is 0 Å². The van der Waals surface area contributed by atoms with Gasteiger partial charge in [0.25, 0.3) is 0 Å². The maximum atomic E-state index is 12.5. The molecule has 20 heavy (non-hydrogen) atoms. The van der Waals surface area contributed by atoms with Gasteiger partial charge < -0.3 is 5.32 Å². The molecule has 112 valence electrons. The topological polar surface area (TPSA) is 49.4 Å². The largest absolute Gasteiger partial charge is 0.316 e. The van der Waals surface area contributed by atoms with E-state index in [0.29, 0.717) is 0 Å². The monoisotopic (exact) mass is 314 g/mol. The molecule has 1 atom stereocenters. The zero-order chi connectivity index (χ0) is 14.6. The lowest BCUT2D eigenvalue weighted by atomic mass is 10.1. The summed E-state index contributed by atoms with van der Waals surface area (Å²) in [6, 6.07) is 7.93. The van der Waals surface area contributed by atoms with Crippen LogP contribution in [0, 0.1) is 0 Å². The van der Waals surface area contributed by atoms with Gasteiger partial charge in [0.1, 0.15) is 0 Å². The molecule has 1 N–H and O–H groups in total. The Labute approximate surface area is 126 Å². The summed E-state index contributed by atoms with van der Waals surface area (Å²) in [7, 11) is 0.367. The molecule has 0 radical (unpaired) electrons. The maximum absolute atomic E-state index is 12.5. The molecule has 1 aliphatic rings. The lowest BCUT2D eigenvalue weighted by molar-refractivity contribution is 0.394. The number of rotatable bonds is 6. The van der Waals surface area contributed by atoms with E-state index in [9.17, 15) is 8.42 Å². The second kappa shape index (κ2) is 6.93. The number of thioether (sulfide) groups is 1. The van der Waals surface area contributed by atoms with E-state index in [-0.39, 0.29) is 11.8 Å². The molecule has 0 saturated carbocycles. The van der Waals surface area contributed by atoms with Crippen molar-refractivity contribution in [2.75, 3.05) is 25.6 Å². The smallest absolute Gasteiger partial charge is 0.218 e. The van der Waals surface area contributed by atoms with Crippen molar-refractivity contribution in [3.63, 3.8) is 0 Å². The molecule has 1 heterocycles. The van der Waals surface area contributed by atoms with Gasteiger partial charge in [-0.05, 0) is 30.3 Å². The summed E-state index contributed by atoms with van der Waals surface area (Å²) >= 11 is 1.83. The van der Waals surface area contributed by atoms with Crippen LogP contribution in [-0.4, -0.2) is 44.4 Å². The fraction of sp³-hybridized carbons (Fsp3) is 0.571. The second-order valence-electron chi connectivity index (χ2n) is 5.14. The van der Waals surface area contributed by atoms with E-state index in [4.69, 9.17) is 0 Å².